The fourth-order valence-corrected chi connectivity index (χ4v) is 3.88. The Morgan fingerprint density at radius 3 is 1.72 bits per heavy atom. The number of unbranched alkanes of at least 4 members (excludes halogenated alkanes) is 5. The Morgan fingerprint density at radius 1 is 0.639 bits per heavy atom. The average molecular weight is 511 g/mol. The van der Waals surface area contributed by atoms with Crippen molar-refractivity contribution in [2.45, 2.75) is 92.7 Å². The summed E-state index contributed by atoms with van der Waals surface area (Å²) in [7, 11) is 0. The lowest BCUT2D eigenvalue weighted by Gasteiger charge is -2.18. The SMILES string of the molecule is CC1=C(C)C(=O)C(CCCCCCCCOCC(F)(F)F)=C(C)C1=O.CC1=CC(=O)C(C)=C(C)C1=O. The number of hydrogen-bond donors (Lipinski definition) is 0. The van der Waals surface area contributed by atoms with E-state index < -0.39 is 12.8 Å². The predicted molar refractivity (Wildman–Crippen MR) is 132 cm³/mol. The molecule has 0 aromatic rings. The molecule has 2 aliphatic rings. The van der Waals surface area contributed by atoms with E-state index in [2.05, 4.69) is 4.74 Å². The Hall–Kier alpha value is -2.61. The second-order valence-electron chi connectivity index (χ2n) is 9.32. The Balaban J connectivity index is 0.000000488. The molecule has 0 heterocycles. The largest absolute Gasteiger partial charge is 0.411 e. The lowest BCUT2D eigenvalue weighted by molar-refractivity contribution is -0.174. The molecule has 2 aliphatic carbocycles. The minimum absolute atomic E-state index is 0.0119. The molecule has 200 valence electrons. The summed E-state index contributed by atoms with van der Waals surface area (Å²) in [5.41, 5.74) is 3.97. The van der Waals surface area contributed by atoms with Gasteiger partial charge in [-0.05, 0) is 66.9 Å². The summed E-state index contributed by atoms with van der Waals surface area (Å²) in [4.78, 5) is 46.6. The van der Waals surface area contributed by atoms with Crippen LogP contribution in [0.3, 0.4) is 0 Å². The van der Waals surface area contributed by atoms with Crippen LogP contribution in [0.2, 0.25) is 0 Å². The maximum Gasteiger partial charge on any atom is 0.411 e. The molecule has 0 aromatic carbocycles. The normalized spacial score (nSPS) is 17.1. The summed E-state index contributed by atoms with van der Waals surface area (Å²) in [5, 5.41) is 0. The summed E-state index contributed by atoms with van der Waals surface area (Å²) in [6.07, 6.45) is 2.86. The van der Waals surface area contributed by atoms with Crippen molar-refractivity contribution < 1.29 is 37.1 Å². The van der Waals surface area contributed by atoms with Crippen LogP contribution < -0.4 is 0 Å². The molecule has 0 N–H and O–H groups in total. The lowest BCUT2D eigenvalue weighted by Crippen LogP contribution is -2.20. The maximum atomic E-state index is 12.3. The molecule has 5 nitrogen and oxygen atoms in total. The topological polar surface area (TPSA) is 77.5 Å². The number of ketones is 4. The zero-order valence-corrected chi connectivity index (χ0v) is 22.1. The van der Waals surface area contributed by atoms with Crippen LogP contribution in [-0.2, 0) is 23.9 Å². The number of allylic oxidation sites excluding steroid dienone is 8. The monoisotopic (exact) mass is 510 g/mol. The van der Waals surface area contributed by atoms with E-state index in [0.717, 1.165) is 32.1 Å². The van der Waals surface area contributed by atoms with E-state index in [0.29, 0.717) is 51.9 Å². The first-order valence-corrected chi connectivity index (χ1v) is 12.2. The molecule has 0 bridgehead atoms. The Kier molecular flexibility index (Phi) is 12.4. The Morgan fingerprint density at radius 2 is 1.14 bits per heavy atom. The van der Waals surface area contributed by atoms with Crippen LogP contribution in [-0.4, -0.2) is 42.5 Å². The van der Waals surface area contributed by atoms with Crippen molar-refractivity contribution in [2.75, 3.05) is 13.2 Å². The van der Waals surface area contributed by atoms with Gasteiger partial charge in [-0.2, -0.15) is 13.2 Å². The first kappa shape index (κ1) is 31.4. The second kappa shape index (κ2) is 14.2. The molecule has 36 heavy (non-hydrogen) atoms. The van der Waals surface area contributed by atoms with Gasteiger partial charge in [0.2, 0.25) is 0 Å². The van der Waals surface area contributed by atoms with E-state index in [4.69, 9.17) is 0 Å². The van der Waals surface area contributed by atoms with Gasteiger partial charge < -0.3 is 4.74 Å². The minimum atomic E-state index is -4.25. The highest BCUT2D eigenvalue weighted by atomic mass is 19.4. The lowest BCUT2D eigenvalue weighted by atomic mass is 9.84. The fourth-order valence-electron chi connectivity index (χ4n) is 3.88. The number of carbonyl (C=O) groups excluding carboxylic acids is 4. The van der Waals surface area contributed by atoms with Crippen molar-refractivity contribution in [1.29, 1.82) is 0 Å². The van der Waals surface area contributed by atoms with E-state index in [-0.39, 0.29) is 29.7 Å². The minimum Gasteiger partial charge on any atom is -0.372 e. The fraction of sp³-hybridized carbons (Fsp3) is 0.571. The van der Waals surface area contributed by atoms with Gasteiger partial charge in [-0.3, -0.25) is 19.2 Å². The summed E-state index contributed by atoms with van der Waals surface area (Å²) >= 11 is 0. The molecule has 2 rings (SSSR count). The third-order valence-corrected chi connectivity index (χ3v) is 6.52. The van der Waals surface area contributed by atoms with Crippen LogP contribution in [0.15, 0.2) is 45.1 Å². The van der Waals surface area contributed by atoms with Crippen LogP contribution in [0.5, 0.6) is 0 Å². The number of carbonyl (C=O) groups is 4. The van der Waals surface area contributed by atoms with Gasteiger partial charge in [-0.25, -0.2) is 0 Å². The molecule has 0 fully saturated rings. The van der Waals surface area contributed by atoms with Crippen LogP contribution in [0, 0.1) is 0 Å². The van der Waals surface area contributed by atoms with Gasteiger partial charge in [-0.15, -0.1) is 0 Å². The molecule has 0 saturated carbocycles. The van der Waals surface area contributed by atoms with Crippen molar-refractivity contribution in [3.8, 4) is 0 Å². The van der Waals surface area contributed by atoms with E-state index in [9.17, 15) is 32.3 Å². The van der Waals surface area contributed by atoms with Crippen LogP contribution in [0.4, 0.5) is 13.2 Å². The first-order chi connectivity index (χ1) is 16.7. The summed E-state index contributed by atoms with van der Waals surface area (Å²) in [5.74, 6) is -0.107. The molecule has 0 aromatic heterocycles. The molecule has 0 spiro atoms. The Labute approximate surface area is 211 Å². The smallest absolute Gasteiger partial charge is 0.372 e. The van der Waals surface area contributed by atoms with Crippen LogP contribution in [0.25, 0.3) is 0 Å². The predicted octanol–water partition coefficient (Wildman–Crippen LogP) is 6.52. The van der Waals surface area contributed by atoms with Gasteiger partial charge in [0.05, 0.1) is 0 Å². The molecule has 0 unspecified atom stereocenters. The molecule has 0 radical (unpaired) electrons. The number of rotatable bonds is 10. The average Bonchev–Trinajstić information content (AvgIpc) is 2.81. The summed E-state index contributed by atoms with van der Waals surface area (Å²) < 4.78 is 40.2. The van der Waals surface area contributed by atoms with E-state index in [1.807, 2.05) is 0 Å². The number of halogens is 3. The number of Topliss-reactive ketones (excluding diaryl/α,β-unsaturated/α-hetero) is 3. The molecule has 8 heteroatoms. The third-order valence-electron chi connectivity index (χ3n) is 6.52. The van der Waals surface area contributed by atoms with E-state index in [1.165, 1.54) is 6.08 Å². The molecule has 0 amide bonds. The van der Waals surface area contributed by atoms with Gasteiger partial charge in [0.15, 0.2) is 23.1 Å². The zero-order chi connectivity index (χ0) is 27.6. The zero-order valence-electron chi connectivity index (χ0n) is 22.1. The number of alkyl halides is 3. The van der Waals surface area contributed by atoms with Crippen molar-refractivity contribution in [1.82, 2.24) is 0 Å². The highest BCUT2D eigenvalue weighted by Gasteiger charge is 2.28. The Bertz CT molecular complexity index is 1010. The van der Waals surface area contributed by atoms with Crippen molar-refractivity contribution >= 4 is 23.1 Å². The highest BCUT2D eigenvalue weighted by molar-refractivity contribution is 6.24. The van der Waals surface area contributed by atoms with Gasteiger partial charge in [-0.1, -0.05) is 25.7 Å². The van der Waals surface area contributed by atoms with Crippen molar-refractivity contribution in [3.63, 3.8) is 0 Å². The van der Waals surface area contributed by atoms with Crippen LogP contribution >= 0.6 is 0 Å². The third kappa shape index (κ3) is 9.45. The summed E-state index contributed by atoms with van der Waals surface area (Å²) in [6, 6.07) is 0. The maximum absolute atomic E-state index is 12.3. The molecular weight excluding hydrogens is 473 g/mol. The van der Waals surface area contributed by atoms with E-state index >= 15 is 0 Å². The van der Waals surface area contributed by atoms with Gasteiger partial charge >= 0.3 is 6.18 Å². The number of hydrogen-bond acceptors (Lipinski definition) is 5. The number of ether oxygens (including phenoxy) is 1. The van der Waals surface area contributed by atoms with Crippen LogP contribution in [0.1, 0.15) is 86.5 Å². The summed E-state index contributed by atoms with van der Waals surface area (Å²) in [6.45, 7) is 9.08. The van der Waals surface area contributed by atoms with Gasteiger partial charge in [0, 0.05) is 45.6 Å². The van der Waals surface area contributed by atoms with Gasteiger partial charge in [0.25, 0.3) is 0 Å². The second-order valence-corrected chi connectivity index (χ2v) is 9.32. The highest BCUT2D eigenvalue weighted by Crippen LogP contribution is 2.27. The standard InChI is InChI=1S/C19H27F3O3.C9H10O2/c1-13-14(2)18(24)16(15(3)17(13)23)10-8-6-4-5-7-9-11-25-12-19(20,21)22;1-5-4-8(10)6(2)7(3)9(5)11/h4-12H2,1-3H3;4H,1-3H3. The van der Waals surface area contributed by atoms with E-state index in [1.54, 1.807) is 41.5 Å². The molecular formula is C28H37F3O5. The van der Waals surface area contributed by atoms with Crippen molar-refractivity contribution in [3.05, 3.63) is 45.1 Å². The molecule has 0 aliphatic heterocycles. The molecule has 0 atom stereocenters. The first-order valence-electron chi connectivity index (χ1n) is 12.2. The van der Waals surface area contributed by atoms with Crippen molar-refractivity contribution in [2.24, 2.45) is 0 Å². The van der Waals surface area contributed by atoms with Gasteiger partial charge in [0.1, 0.15) is 6.61 Å². The quantitative estimate of drug-likeness (QED) is 0.247. The molecule has 0 saturated heterocycles.